The van der Waals surface area contributed by atoms with Gasteiger partial charge in [0.2, 0.25) is 23.6 Å². The van der Waals surface area contributed by atoms with E-state index in [9.17, 15) is 33.6 Å². The monoisotopic (exact) mass is 926 g/mol. The molecule has 0 aliphatic carbocycles. The molecule has 0 saturated carbocycles. The van der Waals surface area contributed by atoms with Crippen LogP contribution in [0, 0.1) is 17.8 Å². The third-order valence-corrected chi connectivity index (χ3v) is 9.70. The van der Waals surface area contributed by atoms with Gasteiger partial charge in [0, 0.05) is 43.3 Å². The van der Waals surface area contributed by atoms with Crippen LogP contribution in [0.3, 0.4) is 0 Å². The summed E-state index contributed by atoms with van der Waals surface area (Å²) < 4.78 is 55.3. The third-order valence-electron chi connectivity index (χ3n) is 9.70. The van der Waals surface area contributed by atoms with Gasteiger partial charge in [0.05, 0.1) is 118 Å². The van der Waals surface area contributed by atoms with E-state index in [-0.39, 0.29) is 101 Å². The Balaban J connectivity index is 1.46. The number of amides is 6. The number of carbonyl (C=O) groups excluding carboxylic acids is 7. The van der Waals surface area contributed by atoms with E-state index in [0.717, 1.165) is 0 Å². The van der Waals surface area contributed by atoms with Crippen molar-refractivity contribution >= 4 is 47.6 Å². The van der Waals surface area contributed by atoms with Crippen molar-refractivity contribution in [2.45, 2.75) is 65.5 Å². The first-order valence-electron chi connectivity index (χ1n) is 22.6. The van der Waals surface area contributed by atoms with Crippen LogP contribution in [0.15, 0.2) is 24.3 Å². The second kappa shape index (κ2) is 35.6. The zero-order valence-corrected chi connectivity index (χ0v) is 38.1. The average molecular weight is 927 g/mol. The van der Waals surface area contributed by atoms with Gasteiger partial charge in [-0.25, -0.2) is 4.79 Å². The molecule has 1 saturated heterocycles. The number of imide groups is 1. The van der Waals surface area contributed by atoms with Crippen molar-refractivity contribution in [2.24, 2.45) is 23.5 Å². The predicted octanol–water partition coefficient (Wildman–Crippen LogP) is 1.38. The highest BCUT2D eigenvalue weighted by atomic mass is 16.6. The molecule has 3 atom stereocenters. The number of nitrogens with two attached hydrogens (primary N) is 1. The Labute approximate surface area is 383 Å². The summed E-state index contributed by atoms with van der Waals surface area (Å²) in [5.41, 5.74) is 6.22. The van der Waals surface area contributed by atoms with Crippen LogP contribution in [0.25, 0.3) is 0 Å². The van der Waals surface area contributed by atoms with Crippen LogP contribution in [0.5, 0.6) is 0 Å². The van der Waals surface area contributed by atoms with Gasteiger partial charge >= 0.3 is 6.03 Å². The van der Waals surface area contributed by atoms with Crippen LogP contribution < -0.4 is 21.7 Å². The largest absolute Gasteiger partial charge is 0.463 e. The van der Waals surface area contributed by atoms with E-state index in [1.807, 2.05) is 0 Å². The van der Waals surface area contributed by atoms with Crippen molar-refractivity contribution in [3.63, 3.8) is 0 Å². The van der Waals surface area contributed by atoms with Gasteiger partial charge in [-0.15, -0.1) is 0 Å². The summed E-state index contributed by atoms with van der Waals surface area (Å²) in [7, 11) is 0. The smallest absolute Gasteiger partial charge is 0.312 e. The summed E-state index contributed by atoms with van der Waals surface area (Å²) in [6.45, 7) is 11.5. The molecule has 5 N–H and O–H groups in total. The number of nitrogens with one attached hydrogen (secondary N) is 3. The highest BCUT2D eigenvalue weighted by Gasteiger charge is 2.35. The number of anilines is 1. The van der Waals surface area contributed by atoms with Gasteiger partial charge in [-0.3, -0.25) is 33.7 Å². The van der Waals surface area contributed by atoms with Crippen LogP contribution in [0.1, 0.15) is 59.8 Å². The van der Waals surface area contributed by atoms with Crippen LogP contribution in [-0.4, -0.2) is 172 Å². The highest BCUT2D eigenvalue weighted by Crippen LogP contribution is 2.20. The number of likely N-dealkylation sites (tertiary alicyclic amines) is 1. The number of ketones is 1. The van der Waals surface area contributed by atoms with E-state index in [0.29, 0.717) is 104 Å². The van der Waals surface area contributed by atoms with Crippen molar-refractivity contribution in [1.82, 2.24) is 15.5 Å². The van der Waals surface area contributed by atoms with Gasteiger partial charge < -0.3 is 64.3 Å². The molecular formula is C44H71N5O16. The summed E-state index contributed by atoms with van der Waals surface area (Å²) in [6, 6.07) is 4.93. The number of primary amides is 1. The lowest BCUT2D eigenvalue weighted by Crippen LogP contribution is -2.45. The van der Waals surface area contributed by atoms with Gasteiger partial charge in [0.15, 0.2) is 7.15 Å². The molecule has 21 heteroatoms. The fourth-order valence-corrected chi connectivity index (χ4v) is 6.21. The maximum atomic E-state index is 13.5. The molecule has 2 rings (SSSR count). The Kier molecular flexibility index (Phi) is 30.0. The second-order valence-electron chi connectivity index (χ2n) is 15.3. The van der Waals surface area contributed by atoms with Crippen molar-refractivity contribution in [3.05, 3.63) is 29.8 Å². The molecule has 21 nitrogen and oxygen atoms in total. The minimum Gasteiger partial charge on any atom is -0.463 e. The molecular weight excluding hydrogens is 855 g/mol. The minimum atomic E-state index is -1.16. The van der Waals surface area contributed by atoms with E-state index in [1.54, 1.807) is 45.0 Å². The van der Waals surface area contributed by atoms with Crippen LogP contribution >= 0.6 is 0 Å². The number of ether oxygens (including phenoxy) is 9. The standard InChI is InChI=1S/C44H71N5O16/c1-33(2)41(38(51)30-36(5-4-11-46-44(45)56)42(54)47-37-8-6-35(7-9-37)31-65-32-50)48-39(52)10-13-57-15-17-59-19-21-61-23-25-63-27-28-64-26-24-62-22-20-60-18-16-58-14-12-49-40(53)29-34(3)43(49)55/h6-9,32-34,36,41H,4-5,10-31H2,1-3H3,(H,47,54)(H,48,52)(H3,45,46,56)/t34?,36-,41+/m1/s1/i32D. The number of hydrogen-bond acceptors (Lipinski definition) is 16. The molecule has 1 aromatic rings. The molecule has 65 heavy (non-hydrogen) atoms. The molecule has 368 valence electrons. The number of carbonyl (C=O) groups is 7. The average Bonchev–Trinajstić information content (AvgIpc) is 3.52. The fourth-order valence-electron chi connectivity index (χ4n) is 6.21. The summed E-state index contributed by atoms with van der Waals surface area (Å²) in [4.78, 5) is 86.4. The number of nitrogens with zero attached hydrogens (tertiary/aromatic N) is 1. The predicted molar refractivity (Wildman–Crippen MR) is 234 cm³/mol. The number of benzene rings is 1. The number of hydrogen-bond donors (Lipinski definition) is 4. The topological polar surface area (TPSA) is 268 Å². The van der Waals surface area contributed by atoms with Crippen LogP contribution in [0.4, 0.5) is 10.5 Å². The van der Waals surface area contributed by atoms with Crippen molar-refractivity contribution in [1.29, 1.82) is 0 Å². The summed E-state index contributed by atoms with van der Waals surface area (Å²) >= 11 is 0. The first-order valence-corrected chi connectivity index (χ1v) is 22.1. The molecule has 1 aromatic carbocycles. The van der Waals surface area contributed by atoms with Crippen molar-refractivity contribution in [2.75, 3.05) is 124 Å². The Morgan fingerprint density at radius 2 is 1.28 bits per heavy atom. The van der Waals surface area contributed by atoms with E-state index in [2.05, 4.69) is 20.7 Å². The summed E-state index contributed by atoms with van der Waals surface area (Å²) in [5.74, 6) is -2.68. The lowest BCUT2D eigenvalue weighted by Gasteiger charge is -2.24. The Morgan fingerprint density at radius 1 is 0.785 bits per heavy atom. The fraction of sp³-hybridized carbons (Fsp3) is 0.705. The minimum absolute atomic E-state index is 0.0172. The van der Waals surface area contributed by atoms with E-state index < -0.39 is 30.3 Å². The van der Waals surface area contributed by atoms with E-state index >= 15 is 0 Å². The second-order valence-corrected chi connectivity index (χ2v) is 15.3. The quantitative estimate of drug-likeness (QED) is 0.0411. The Bertz CT molecular complexity index is 1590. The lowest BCUT2D eigenvalue weighted by atomic mass is 9.89. The molecule has 1 unspecified atom stereocenters. The van der Waals surface area contributed by atoms with Crippen molar-refractivity contribution < 1.29 is 77.6 Å². The molecule has 0 bridgehead atoms. The SMILES string of the molecule is [2H]C(=O)OCc1ccc(NC(=O)[C@H](CCCNC(N)=O)CC(=O)[C@@H](NC(=O)CCOCCOCCOCCOCCOCCOCCOCCOCCN2C(=O)CC(C)C2=O)C(C)C)cc1. The molecule has 1 aliphatic rings. The van der Waals surface area contributed by atoms with Crippen LogP contribution in [0.2, 0.25) is 0 Å². The lowest BCUT2D eigenvalue weighted by molar-refractivity contribution is -0.140. The Hall–Kier alpha value is -4.61. The number of urea groups is 1. The molecule has 1 aliphatic heterocycles. The zero-order chi connectivity index (χ0) is 48.4. The molecule has 0 aromatic heterocycles. The maximum absolute atomic E-state index is 13.5. The number of Topliss-reactive ketones (excluding diaryl/α,β-unsaturated/α-hetero) is 1. The van der Waals surface area contributed by atoms with Gasteiger partial charge in [0.25, 0.3) is 6.45 Å². The normalized spacial score (nSPS) is 14.9. The first-order chi connectivity index (χ1) is 31.8. The van der Waals surface area contributed by atoms with E-state index in [1.165, 1.54) is 4.90 Å². The highest BCUT2D eigenvalue weighted by molar-refractivity contribution is 6.03. The summed E-state index contributed by atoms with van der Waals surface area (Å²) in [5, 5.41) is 8.05. The third kappa shape index (κ3) is 26.8. The molecule has 6 amide bonds. The molecule has 0 radical (unpaired) electrons. The Morgan fingerprint density at radius 3 is 1.72 bits per heavy atom. The van der Waals surface area contributed by atoms with Gasteiger partial charge in [-0.05, 0) is 36.5 Å². The maximum Gasteiger partial charge on any atom is 0.312 e. The molecule has 1 heterocycles. The van der Waals surface area contributed by atoms with Gasteiger partial charge in [0.1, 0.15) is 6.61 Å². The van der Waals surface area contributed by atoms with Gasteiger partial charge in [-0.2, -0.15) is 0 Å². The van der Waals surface area contributed by atoms with Gasteiger partial charge in [-0.1, -0.05) is 32.9 Å². The van der Waals surface area contributed by atoms with E-state index in [4.69, 9.17) is 45.0 Å². The van der Waals surface area contributed by atoms with Crippen molar-refractivity contribution in [3.8, 4) is 0 Å². The summed E-state index contributed by atoms with van der Waals surface area (Å²) in [6.07, 6.45) is -0.392. The number of rotatable bonds is 40. The molecule has 0 spiro atoms. The molecule has 1 fully saturated rings. The zero-order valence-electron chi connectivity index (χ0n) is 39.1. The first kappa shape index (κ1) is 54.7. The van der Waals surface area contributed by atoms with Crippen LogP contribution in [-0.2, 0) is 78.0 Å².